The van der Waals surface area contributed by atoms with Crippen LogP contribution in [-0.2, 0) is 0 Å². The first-order valence-corrected chi connectivity index (χ1v) is 6.80. The fraction of sp³-hybridized carbons (Fsp3) is 0.400. The molecule has 6 nitrogen and oxygen atoms in total. The molecule has 0 spiro atoms. The van der Waals surface area contributed by atoms with Crippen molar-refractivity contribution in [2.24, 2.45) is 0 Å². The topological polar surface area (TPSA) is 94.4 Å². The number of carbonyl (C=O) groups excluding carboxylic acids is 1. The largest absolute Gasteiger partial charge is 0.399 e. The van der Waals surface area contributed by atoms with Crippen LogP contribution >= 0.6 is 0 Å². The zero-order chi connectivity index (χ0) is 15.6. The molecule has 21 heavy (non-hydrogen) atoms. The van der Waals surface area contributed by atoms with Crippen LogP contribution in [-0.4, -0.2) is 53.7 Å². The molecule has 6 heteroatoms. The molecule has 2 aromatic rings. The first-order valence-electron chi connectivity index (χ1n) is 6.80. The number of nitrogens with zero attached hydrogens (tertiary/aromatic N) is 1. The van der Waals surface area contributed by atoms with Gasteiger partial charge in [0.2, 0.25) is 0 Å². The fourth-order valence-corrected chi connectivity index (χ4v) is 2.38. The third-order valence-electron chi connectivity index (χ3n) is 3.18. The lowest BCUT2D eigenvalue weighted by molar-refractivity contribution is 0.0325. The minimum atomic E-state index is -0.977. The van der Waals surface area contributed by atoms with Crippen molar-refractivity contribution in [3.05, 3.63) is 30.0 Å². The normalized spacial score (nSPS) is 14.3. The van der Waals surface area contributed by atoms with Crippen LogP contribution in [0.25, 0.3) is 10.9 Å². The van der Waals surface area contributed by atoms with E-state index in [1.807, 2.05) is 31.1 Å². The maximum absolute atomic E-state index is 12.1. The molecule has 2 rings (SSSR count). The van der Waals surface area contributed by atoms with Gasteiger partial charge in [-0.15, -0.1) is 0 Å². The molecule has 5 N–H and O–H groups in total. The van der Waals surface area contributed by atoms with Crippen molar-refractivity contribution in [2.45, 2.75) is 12.5 Å². The van der Waals surface area contributed by atoms with Gasteiger partial charge in [-0.3, -0.25) is 4.79 Å². The van der Waals surface area contributed by atoms with Gasteiger partial charge in [-0.2, -0.15) is 0 Å². The zero-order valence-corrected chi connectivity index (χ0v) is 12.6. The molecular weight excluding hydrogens is 268 g/mol. The van der Waals surface area contributed by atoms with Gasteiger partial charge in [-0.1, -0.05) is 0 Å². The Morgan fingerprint density at radius 1 is 1.43 bits per heavy atom. The molecule has 1 unspecified atom stereocenters. The Hall–Kier alpha value is -2.05. The summed E-state index contributed by atoms with van der Waals surface area (Å²) in [5.74, 6) is -0.246. The number of aromatic nitrogens is 1. The van der Waals surface area contributed by atoms with E-state index in [1.54, 1.807) is 19.1 Å². The van der Waals surface area contributed by atoms with Crippen molar-refractivity contribution in [1.82, 2.24) is 15.2 Å². The van der Waals surface area contributed by atoms with Crippen molar-refractivity contribution >= 4 is 22.5 Å². The molecule has 1 atom stereocenters. The van der Waals surface area contributed by atoms with E-state index in [1.165, 1.54) is 0 Å². The molecule has 1 aromatic carbocycles. The smallest absolute Gasteiger partial charge is 0.267 e. The summed E-state index contributed by atoms with van der Waals surface area (Å²) in [6.07, 6.45) is 0. The van der Waals surface area contributed by atoms with Crippen LogP contribution in [0.4, 0.5) is 5.69 Å². The molecule has 1 heterocycles. The second-order valence-corrected chi connectivity index (χ2v) is 5.95. The van der Waals surface area contributed by atoms with Gasteiger partial charge in [0.05, 0.1) is 5.60 Å². The van der Waals surface area contributed by atoms with E-state index in [9.17, 15) is 9.90 Å². The minimum Gasteiger partial charge on any atom is -0.399 e. The van der Waals surface area contributed by atoms with Crippen LogP contribution in [0, 0.1) is 0 Å². The van der Waals surface area contributed by atoms with Crippen molar-refractivity contribution in [1.29, 1.82) is 0 Å². The number of hydrogen-bond donors (Lipinski definition) is 4. The molecule has 0 saturated carbocycles. The number of H-pyrrole nitrogens is 1. The molecular formula is C15H22N4O2. The first kappa shape index (κ1) is 15.3. The maximum Gasteiger partial charge on any atom is 0.267 e. The lowest BCUT2D eigenvalue weighted by Crippen LogP contribution is -2.47. The zero-order valence-electron chi connectivity index (χ0n) is 12.6. The Morgan fingerprint density at radius 2 is 2.14 bits per heavy atom. The number of hydrogen-bond acceptors (Lipinski definition) is 4. The highest BCUT2D eigenvalue weighted by molar-refractivity contribution is 5.98. The second kappa shape index (κ2) is 5.75. The third kappa shape index (κ3) is 3.96. The third-order valence-corrected chi connectivity index (χ3v) is 3.18. The monoisotopic (exact) mass is 290 g/mol. The van der Waals surface area contributed by atoms with Gasteiger partial charge in [-0.05, 0) is 45.3 Å². The lowest BCUT2D eigenvalue weighted by Gasteiger charge is -2.26. The Labute approximate surface area is 123 Å². The summed E-state index contributed by atoms with van der Waals surface area (Å²) in [7, 11) is 3.75. The maximum atomic E-state index is 12.1. The molecule has 0 saturated heterocycles. The van der Waals surface area contributed by atoms with Gasteiger partial charge in [-0.25, -0.2) is 0 Å². The van der Waals surface area contributed by atoms with E-state index in [-0.39, 0.29) is 12.5 Å². The number of rotatable bonds is 5. The number of aliphatic hydroxyl groups is 1. The molecule has 0 aliphatic rings. The van der Waals surface area contributed by atoms with Crippen molar-refractivity contribution in [3.63, 3.8) is 0 Å². The molecule has 0 aliphatic carbocycles. The van der Waals surface area contributed by atoms with Gasteiger partial charge < -0.3 is 26.0 Å². The van der Waals surface area contributed by atoms with Crippen molar-refractivity contribution in [2.75, 3.05) is 32.9 Å². The predicted octanol–water partition coefficient (Wildman–Crippen LogP) is 0.792. The molecule has 0 radical (unpaired) electrons. The van der Waals surface area contributed by atoms with E-state index >= 15 is 0 Å². The molecule has 1 amide bonds. The van der Waals surface area contributed by atoms with Crippen LogP contribution < -0.4 is 11.1 Å². The predicted molar refractivity (Wildman–Crippen MR) is 84.2 cm³/mol. The fourth-order valence-electron chi connectivity index (χ4n) is 2.38. The van der Waals surface area contributed by atoms with Crippen LogP contribution in [0.1, 0.15) is 17.4 Å². The number of likely N-dealkylation sites (N-methyl/N-ethyl adjacent to an activating group) is 1. The number of aromatic amines is 1. The Morgan fingerprint density at radius 3 is 2.81 bits per heavy atom. The summed E-state index contributed by atoms with van der Waals surface area (Å²) in [5.41, 5.74) is 6.71. The van der Waals surface area contributed by atoms with E-state index in [4.69, 9.17) is 5.73 Å². The Kier molecular flexibility index (Phi) is 4.20. The van der Waals surface area contributed by atoms with E-state index in [0.717, 1.165) is 10.9 Å². The Bertz CT molecular complexity index is 646. The highest BCUT2D eigenvalue weighted by Crippen LogP contribution is 2.18. The number of amides is 1. The SMILES string of the molecule is CN(C)CC(C)(O)CNC(=O)c1cc2cc(N)ccc2[nH]1. The van der Waals surface area contributed by atoms with Crippen LogP contribution in [0.2, 0.25) is 0 Å². The molecule has 114 valence electrons. The average molecular weight is 290 g/mol. The summed E-state index contributed by atoms with van der Waals surface area (Å²) in [4.78, 5) is 17.0. The summed E-state index contributed by atoms with van der Waals surface area (Å²) >= 11 is 0. The standard InChI is InChI=1S/C15H22N4O2/c1-15(21,9-19(2)3)8-17-14(20)13-7-10-6-11(16)4-5-12(10)18-13/h4-7,18,21H,8-9,16H2,1-3H3,(H,17,20). The summed E-state index contributed by atoms with van der Waals surface area (Å²) in [5, 5.41) is 13.8. The molecule has 0 aliphatic heterocycles. The number of nitrogens with two attached hydrogens (primary N) is 1. The second-order valence-electron chi connectivity index (χ2n) is 5.95. The summed E-state index contributed by atoms with van der Waals surface area (Å²) < 4.78 is 0. The van der Waals surface area contributed by atoms with Gasteiger partial charge in [0.15, 0.2) is 0 Å². The Balaban J connectivity index is 2.05. The van der Waals surface area contributed by atoms with Gasteiger partial charge in [0.1, 0.15) is 5.69 Å². The van der Waals surface area contributed by atoms with E-state index in [0.29, 0.717) is 17.9 Å². The number of anilines is 1. The quantitative estimate of drug-likeness (QED) is 0.612. The summed E-state index contributed by atoms with van der Waals surface area (Å²) in [6, 6.07) is 7.18. The molecule has 0 bridgehead atoms. The number of nitrogens with one attached hydrogen (secondary N) is 2. The van der Waals surface area contributed by atoms with Gasteiger partial charge in [0, 0.05) is 29.7 Å². The van der Waals surface area contributed by atoms with Crippen molar-refractivity contribution < 1.29 is 9.90 Å². The van der Waals surface area contributed by atoms with Crippen LogP contribution in [0.15, 0.2) is 24.3 Å². The van der Waals surface area contributed by atoms with E-state index in [2.05, 4.69) is 10.3 Å². The van der Waals surface area contributed by atoms with Crippen LogP contribution in [0.5, 0.6) is 0 Å². The number of fused-ring (bicyclic) bond motifs is 1. The van der Waals surface area contributed by atoms with E-state index < -0.39 is 5.60 Å². The number of benzene rings is 1. The first-order chi connectivity index (χ1) is 9.77. The lowest BCUT2D eigenvalue weighted by atomic mass is 10.1. The number of nitrogen functional groups attached to an aromatic ring is 1. The summed E-state index contributed by atoms with van der Waals surface area (Å²) in [6.45, 7) is 2.34. The molecule has 1 aromatic heterocycles. The molecule has 0 fully saturated rings. The highest BCUT2D eigenvalue weighted by atomic mass is 16.3. The minimum absolute atomic E-state index is 0.182. The van der Waals surface area contributed by atoms with Gasteiger partial charge in [0.25, 0.3) is 5.91 Å². The average Bonchev–Trinajstić information content (AvgIpc) is 2.77. The van der Waals surface area contributed by atoms with Crippen molar-refractivity contribution in [3.8, 4) is 0 Å². The highest BCUT2D eigenvalue weighted by Gasteiger charge is 2.22. The van der Waals surface area contributed by atoms with Gasteiger partial charge >= 0.3 is 0 Å². The number of carbonyl (C=O) groups is 1. The van der Waals surface area contributed by atoms with Crippen LogP contribution in [0.3, 0.4) is 0 Å².